The lowest BCUT2D eigenvalue weighted by Crippen LogP contribution is -2.38. The number of benzene rings is 3. The average Bonchev–Trinajstić information content (AvgIpc) is 3.64. The number of aromatic amines is 1. The lowest BCUT2D eigenvalue weighted by atomic mass is 9.95. The molecule has 1 aromatic heterocycles. The number of fused-ring (bicyclic) bond motifs is 3. The number of methoxy groups -OCH3 is 1. The highest BCUT2D eigenvalue weighted by atomic mass is 16.5. The first-order chi connectivity index (χ1) is 17.6. The van der Waals surface area contributed by atoms with Crippen LogP contribution in [0.2, 0.25) is 0 Å². The van der Waals surface area contributed by atoms with Crippen molar-refractivity contribution in [3.63, 3.8) is 0 Å². The maximum Gasteiger partial charge on any atom is 0.255 e. The van der Waals surface area contributed by atoms with E-state index in [0.29, 0.717) is 40.1 Å². The Morgan fingerprint density at radius 3 is 2.39 bits per heavy atom. The van der Waals surface area contributed by atoms with Crippen LogP contribution in [-0.4, -0.2) is 34.9 Å². The Morgan fingerprint density at radius 2 is 1.69 bits per heavy atom. The maximum absolute atomic E-state index is 12.8. The monoisotopic (exact) mass is 480 g/mol. The van der Waals surface area contributed by atoms with Gasteiger partial charge in [0.2, 0.25) is 0 Å². The highest BCUT2D eigenvalue weighted by Gasteiger charge is 2.40. The molecule has 182 valence electrons. The lowest BCUT2D eigenvalue weighted by molar-refractivity contribution is 0.0922. The molecule has 3 aromatic carbocycles. The number of hydrogen-bond donors (Lipinski definition) is 3. The molecule has 2 amide bonds. The van der Waals surface area contributed by atoms with E-state index in [-0.39, 0.29) is 11.8 Å². The molecule has 3 N–H and O–H groups in total. The minimum Gasteiger partial charge on any atom is -0.497 e. The first-order valence-electron chi connectivity index (χ1n) is 12.4. The Morgan fingerprint density at radius 1 is 0.917 bits per heavy atom. The summed E-state index contributed by atoms with van der Waals surface area (Å²) in [5, 5.41) is 6.13. The molecule has 7 heteroatoms. The van der Waals surface area contributed by atoms with Gasteiger partial charge >= 0.3 is 0 Å². The van der Waals surface area contributed by atoms with Crippen LogP contribution in [0.25, 0.3) is 22.4 Å². The minimum atomic E-state index is -0.211. The quantitative estimate of drug-likeness (QED) is 0.344. The second-order valence-electron chi connectivity index (χ2n) is 9.83. The topological polar surface area (TPSA) is 96.1 Å². The number of carbonyl (C=O) groups is 2. The molecule has 0 radical (unpaired) electrons. The number of amides is 2. The van der Waals surface area contributed by atoms with E-state index < -0.39 is 0 Å². The predicted octanol–water partition coefficient (Wildman–Crippen LogP) is 5.41. The molecule has 0 aliphatic heterocycles. The van der Waals surface area contributed by atoms with Crippen LogP contribution in [0.1, 0.15) is 46.4 Å². The van der Waals surface area contributed by atoms with Crippen molar-refractivity contribution in [3.05, 3.63) is 77.9 Å². The van der Waals surface area contributed by atoms with Gasteiger partial charge in [-0.1, -0.05) is 18.6 Å². The molecule has 6 rings (SSSR count). The average molecular weight is 481 g/mol. The number of anilines is 1. The van der Waals surface area contributed by atoms with Gasteiger partial charge in [-0.05, 0) is 85.7 Å². The van der Waals surface area contributed by atoms with Crippen LogP contribution in [0.15, 0.2) is 66.7 Å². The molecule has 2 fully saturated rings. The fourth-order valence-corrected chi connectivity index (χ4v) is 5.61. The van der Waals surface area contributed by atoms with Crippen molar-refractivity contribution in [2.75, 3.05) is 12.4 Å². The standard InChI is InChI=1S/C29H28N4O3/c1-36-23-11-9-22(10-12-23)30-29(35)21-8-13-24-26(16-21)32-27(31-24)18-4-6-19(7-5-18)28(34)33-25-15-17-2-3-20(25)14-17/h4-13,16-17,20,25H,2-3,14-15H2,1H3,(H,30,35)(H,31,32)(H,33,34). The van der Waals surface area contributed by atoms with Crippen molar-refractivity contribution >= 4 is 28.5 Å². The smallest absolute Gasteiger partial charge is 0.255 e. The lowest BCUT2D eigenvalue weighted by Gasteiger charge is -2.22. The van der Waals surface area contributed by atoms with Crippen molar-refractivity contribution in [1.29, 1.82) is 0 Å². The van der Waals surface area contributed by atoms with E-state index in [0.717, 1.165) is 29.2 Å². The third-order valence-corrected chi connectivity index (χ3v) is 7.57. The second kappa shape index (κ2) is 9.15. The Bertz CT molecular complexity index is 1430. The van der Waals surface area contributed by atoms with Crippen LogP contribution in [-0.2, 0) is 0 Å². The molecule has 2 aliphatic rings. The zero-order valence-corrected chi connectivity index (χ0v) is 20.1. The van der Waals surface area contributed by atoms with E-state index in [2.05, 4.69) is 20.6 Å². The van der Waals surface area contributed by atoms with Crippen LogP contribution in [0.5, 0.6) is 5.75 Å². The van der Waals surface area contributed by atoms with Crippen molar-refractivity contribution in [1.82, 2.24) is 15.3 Å². The first-order valence-corrected chi connectivity index (χ1v) is 12.4. The Balaban J connectivity index is 1.14. The molecule has 4 aromatic rings. The Hall–Kier alpha value is -4.13. The highest BCUT2D eigenvalue weighted by Crippen LogP contribution is 2.44. The van der Waals surface area contributed by atoms with Crippen molar-refractivity contribution in [2.45, 2.75) is 31.7 Å². The molecule has 2 aliphatic carbocycles. The number of rotatable bonds is 6. The fourth-order valence-electron chi connectivity index (χ4n) is 5.61. The van der Waals surface area contributed by atoms with Crippen LogP contribution in [0, 0.1) is 11.8 Å². The van der Waals surface area contributed by atoms with E-state index in [4.69, 9.17) is 4.74 Å². The molecule has 2 bridgehead atoms. The van der Waals surface area contributed by atoms with Crippen LogP contribution >= 0.6 is 0 Å². The van der Waals surface area contributed by atoms with Crippen LogP contribution in [0.3, 0.4) is 0 Å². The third-order valence-electron chi connectivity index (χ3n) is 7.57. The van der Waals surface area contributed by atoms with E-state index in [1.807, 2.05) is 30.3 Å². The number of H-pyrrole nitrogens is 1. The van der Waals surface area contributed by atoms with Gasteiger partial charge in [0.25, 0.3) is 11.8 Å². The summed E-state index contributed by atoms with van der Waals surface area (Å²) in [5.74, 6) is 2.65. The van der Waals surface area contributed by atoms with E-state index in [1.165, 1.54) is 19.3 Å². The van der Waals surface area contributed by atoms with E-state index >= 15 is 0 Å². The molecule has 3 unspecified atom stereocenters. The first kappa shape index (κ1) is 22.3. The van der Waals surface area contributed by atoms with Gasteiger partial charge in [-0.2, -0.15) is 0 Å². The summed E-state index contributed by atoms with van der Waals surface area (Å²) in [6, 6.07) is 20.4. The Kier molecular flexibility index (Phi) is 5.68. The molecule has 3 atom stereocenters. The minimum absolute atomic E-state index is 0.00350. The third kappa shape index (κ3) is 4.33. The zero-order chi connectivity index (χ0) is 24.6. The summed E-state index contributed by atoms with van der Waals surface area (Å²) in [7, 11) is 1.60. The SMILES string of the molecule is COc1ccc(NC(=O)c2ccc3[nH]c(-c4ccc(C(=O)NC5CC6CCC5C6)cc4)nc3c2)cc1. The van der Waals surface area contributed by atoms with Gasteiger partial charge < -0.3 is 20.4 Å². The second-order valence-corrected chi connectivity index (χ2v) is 9.83. The van der Waals surface area contributed by atoms with Crippen LogP contribution < -0.4 is 15.4 Å². The number of nitrogens with one attached hydrogen (secondary N) is 3. The molecule has 7 nitrogen and oxygen atoms in total. The molecule has 36 heavy (non-hydrogen) atoms. The molecule has 2 saturated carbocycles. The summed E-state index contributed by atoms with van der Waals surface area (Å²) < 4.78 is 5.16. The van der Waals surface area contributed by atoms with Crippen molar-refractivity contribution < 1.29 is 14.3 Å². The van der Waals surface area contributed by atoms with Gasteiger partial charge in [0, 0.05) is 28.4 Å². The number of hydrogen-bond acceptors (Lipinski definition) is 4. The summed E-state index contributed by atoms with van der Waals surface area (Å²) >= 11 is 0. The Labute approximate surface area is 209 Å². The van der Waals surface area contributed by atoms with Gasteiger partial charge in [-0.3, -0.25) is 9.59 Å². The van der Waals surface area contributed by atoms with Crippen LogP contribution in [0.4, 0.5) is 5.69 Å². The number of aromatic nitrogens is 2. The predicted molar refractivity (Wildman–Crippen MR) is 139 cm³/mol. The highest BCUT2D eigenvalue weighted by molar-refractivity contribution is 6.06. The zero-order valence-electron chi connectivity index (χ0n) is 20.1. The summed E-state index contributed by atoms with van der Waals surface area (Å²) in [5.41, 5.74) is 4.29. The van der Waals surface area contributed by atoms with Gasteiger partial charge in [0.15, 0.2) is 0 Å². The summed E-state index contributed by atoms with van der Waals surface area (Å²) in [6.45, 7) is 0. The van der Waals surface area contributed by atoms with E-state index in [1.54, 1.807) is 43.5 Å². The number of imidazole rings is 1. The number of carbonyl (C=O) groups excluding carboxylic acids is 2. The largest absolute Gasteiger partial charge is 0.497 e. The van der Waals surface area contributed by atoms with Gasteiger partial charge in [-0.25, -0.2) is 4.98 Å². The number of nitrogens with zero attached hydrogens (tertiary/aromatic N) is 1. The van der Waals surface area contributed by atoms with Crippen molar-refractivity contribution in [2.24, 2.45) is 11.8 Å². The summed E-state index contributed by atoms with van der Waals surface area (Å²) in [6.07, 6.45) is 4.94. The molecule has 1 heterocycles. The molecular formula is C29H28N4O3. The molecule has 0 spiro atoms. The number of ether oxygens (including phenoxy) is 1. The maximum atomic E-state index is 12.8. The van der Waals surface area contributed by atoms with E-state index in [9.17, 15) is 9.59 Å². The summed E-state index contributed by atoms with van der Waals surface area (Å²) in [4.78, 5) is 33.5. The normalized spacial score (nSPS) is 20.4. The fraction of sp³-hybridized carbons (Fsp3) is 0.276. The van der Waals surface area contributed by atoms with Gasteiger partial charge in [0.1, 0.15) is 11.6 Å². The van der Waals surface area contributed by atoms with Gasteiger partial charge in [0.05, 0.1) is 18.1 Å². The van der Waals surface area contributed by atoms with Crippen molar-refractivity contribution in [3.8, 4) is 17.1 Å². The molecule has 0 saturated heterocycles. The molecular weight excluding hydrogens is 452 g/mol. The van der Waals surface area contributed by atoms with Gasteiger partial charge in [-0.15, -0.1) is 0 Å².